The second-order valence-electron chi connectivity index (χ2n) is 6.94. The first-order valence-electron chi connectivity index (χ1n) is 8.04. The van der Waals surface area contributed by atoms with Crippen LogP contribution in [0.1, 0.15) is 51.5 Å². The van der Waals surface area contributed by atoms with Gasteiger partial charge < -0.3 is 11.1 Å². The molecule has 0 aliphatic heterocycles. The molecule has 1 saturated carbocycles. The Labute approximate surface area is 128 Å². The summed E-state index contributed by atoms with van der Waals surface area (Å²) in [6, 6.07) is 9.96. The summed E-state index contributed by atoms with van der Waals surface area (Å²) in [7, 11) is 0. The van der Waals surface area contributed by atoms with Gasteiger partial charge in [-0.25, -0.2) is 0 Å². The molecular weight excluding hydrogens is 260 g/mol. The van der Waals surface area contributed by atoms with Crippen molar-refractivity contribution >= 4 is 5.91 Å². The zero-order valence-corrected chi connectivity index (χ0v) is 13.3. The van der Waals surface area contributed by atoms with Crippen molar-refractivity contribution in [2.24, 2.45) is 11.1 Å². The molecule has 1 amide bonds. The number of nitrogens with two attached hydrogens (primary N) is 1. The van der Waals surface area contributed by atoms with E-state index in [0.717, 1.165) is 18.4 Å². The van der Waals surface area contributed by atoms with Crippen LogP contribution in [0, 0.1) is 5.41 Å². The SMILES string of the molecule is CC(C)(C(=O)NCC1(CN)CCCCC1)c1ccccc1. The zero-order valence-electron chi connectivity index (χ0n) is 13.3. The normalized spacial score (nSPS) is 18.2. The first-order valence-corrected chi connectivity index (χ1v) is 8.04. The summed E-state index contributed by atoms with van der Waals surface area (Å²) in [5, 5.41) is 3.16. The molecule has 0 saturated heterocycles. The standard InChI is InChI=1S/C18H28N2O/c1-17(2,15-9-5-3-6-10-15)16(21)20-14-18(13-19)11-7-4-8-12-18/h3,5-6,9-10H,4,7-8,11-14,19H2,1-2H3,(H,20,21). The van der Waals surface area contributed by atoms with Gasteiger partial charge in [-0.1, -0.05) is 49.6 Å². The monoisotopic (exact) mass is 288 g/mol. The van der Waals surface area contributed by atoms with E-state index in [2.05, 4.69) is 5.32 Å². The topological polar surface area (TPSA) is 55.1 Å². The number of hydrogen-bond acceptors (Lipinski definition) is 2. The van der Waals surface area contributed by atoms with Gasteiger partial charge >= 0.3 is 0 Å². The van der Waals surface area contributed by atoms with E-state index in [9.17, 15) is 4.79 Å². The van der Waals surface area contributed by atoms with Gasteiger partial charge in [0.05, 0.1) is 5.41 Å². The van der Waals surface area contributed by atoms with Crippen molar-refractivity contribution in [3.63, 3.8) is 0 Å². The summed E-state index contributed by atoms with van der Waals surface area (Å²) in [6.07, 6.45) is 6.03. The number of nitrogens with one attached hydrogen (secondary N) is 1. The Kier molecular flexibility index (Phi) is 5.04. The highest BCUT2D eigenvalue weighted by Gasteiger charge is 2.34. The second-order valence-corrected chi connectivity index (χ2v) is 6.94. The molecule has 0 spiro atoms. The number of hydrogen-bond donors (Lipinski definition) is 2. The van der Waals surface area contributed by atoms with Crippen LogP contribution in [0.4, 0.5) is 0 Å². The summed E-state index contributed by atoms with van der Waals surface area (Å²) in [5.74, 6) is 0.0899. The summed E-state index contributed by atoms with van der Waals surface area (Å²) in [6.45, 7) is 5.33. The Morgan fingerprint density at radius 1 is 1.19 bits per heavy atom. The third-order valence-corrected chi connectivity index (χ3v) is 5.03. The molecule has 116 valence electrons. The molecule has 1 aromatic rings. The minimum absolute atomic E-state index is 0.0899. The van der Waals surface area contributed by atoms with Gasteiger partial charge in [0.25, 0.3) is 0 Å². The Balaban J connectivity index is 2.00. The lowest BCUT2D eigenvalue weighted by molar-refractivity contribution is -0.126. The van der Waals surface area contributed by atoms with Crippen molar-refractivity contribution in [2.75, 3.05) is 13.1 Å². The molecule has 0 atom stereocenters. The third kappa shape index (κ3) is 3.65. The van der Waals surface area contributed by atoms with Crippen LogP contribution < -0.4 is 11.1 Å². The predicted molar refractivity (Wildman–Crippen MR) is 87.1 cm³/mol. The third-order valence-electron chi connectivity index (χ3n) is 5.03. The molecule has 0 bridgehead atoms. The van der Waals surface area contributed by atoms with Gasteiger partial charge in [-0.3, -0.25) is 4.79 Å². The summed E-state index contributed by atoms with van der Waals surface area (Å²) in [5.41, 5.74) is 6.65. The molecule has 0 radical (unpaired) electrons. The average molecular weight is 288 g/mol. The maximum Gasteiger partial charge on any atom is 0.230 e. The van der Waals surface area contributed by atoms with Gasteiger partial charge in [0.2, 0.25) is 5.91 Å². The van der Waals surface area contributed by atoms with Crippen LogP contribution in [0.2, 0.25) is 0 Å². The molecule has 3 heteroatoms. The van der Waals surface area contributed by atoms with Gasteiger partial charge in [0, 0.05) is 6.54 Å². The molecule has 0 unspecified atom stereocenters. The minimum atomic E-state index is -0.508. The van der Waals surface area contributed by atoms with E-state index in [0.29, 0.717) is 13.1 Å². The number of benzene rings is 1. The largest absolute Gasteiger partial charge is 0.355 e. The quantitative estimate of drug-likeness (QED) is 0.875. The molecule has 21 heavy (non-hydrogen) atoms. The van der Waals surface area contributed by atoms with E-state index in [4.69, 9.17) is 5.73 Å². The van der Waals surface area contributed by atoms with E-state index in [1.165, 1.54) is 19.3 Å². The number of amides is 1. The molecule has 1 aliphatic carbocycles. The van der Waals surface area contributed by atoms with Gasteiger partial charge in [-0.15, -0.1) is 0 Å². The van der Waals surface area contributed by atoms with Crippen LogP contribution in [0.5, 0.6) is 0 Å². The first kappa shape index (κ1) is 16.0. The molecule has 3 N–H and O–H groups in total. The van der Waals surface area contributed by atoms with E-state index in [1.807, 2.05) is 44.2 Å². The fourth-order valence-electron chi connectivity index (χ4n) is 3.23. The van der Waals surface area contributed by atoms with Crippen LogP contribution >= 0.6 is 0 Å². The molecule has 1 fully saturated rings. The van der Waals surface area contributed by atoms with E-state index < -0.39 is 5.41 Å². The van der Waals surface area contributed by atoms with Crippen molar-refractivity contribution < 1.29 is 4.79 Å². The van der Waals surface area contributed by atoms with Gasteiger partial charge in [-0.2, -0.15) is 0 Å². The van der Waals surface area contributed by atoms with E-state index in [1.54, 1.807) is 0 Å². The minimum Gasteiger partial charge on any atom is -0.355 e. The van der Waals surface area contributed by atoms with Crippen LogP contribution in [-0.4, -0.2) is 19.0 Å². The summed E-state index contributed by atoms with van der Waals surface area (Å²) >= 11 is 0. The molecule has 0 heterocycles. The fourth-order valence-corrected chi connectivity index (χ4v) is 3.23. The molecule has 0 aromatic heterocycles. The second kappa shape index (κ2) is 6.61. The van der Waals surface area contributed by atoms with Gasteiger partial charge in [0.1, 0.15) is 0 Å². The van der Waals surface area contributed by atoms with Crippen LogP contribution in [0.3, 0.4) is 0 Å². The Morgan fingerprint density at radius 2 is 1.81 bits per heavy atom. The van der Waals surface area contributed by atoms with Crippen LogP contribution in [0.25, 0.3) is 0 Å². The number of carbonyl (C=O) groups is 1. The molecule has 3 nitrogen and oxygen atoms in total. The highest BCUT2D eigenvalue weighted by molar-refractivity contribution is 5.87. The van der Waals surface area contributed by atoms with Crippen molar-refractivity contribution in [3.8, 4) is 0 Å². The Morgan fingerprint density at radius 3 is 2.38 bits per heavy atom. The number of rotatable bonds is 5. The fraction of sp³-hybridized carbons (Fsp3) is 0.611. The number of carbonyl (C=O) groups excluding carboxylic acids is 1. The highest BCUT2D eigenvalue weighted by Crippen LogP contribution is 2.35. The molecular formula is C18H28N2O. The van der Waals surface area contributed by atoms with Gasteiger partial charge in [-0.05, 0) is 44.2 Å². The lowest BCUT2D eigenvalue weighted by Gasteiger charge is -2.37. The lowest BCUT2D eigenvalue weighted by atomic mass is 9.73. The van der Waals surface area contributed by atoms with Gasteiger partial charge in [0.15, 0.2) is 0 Å². The Hall–Kier alpha value is -1.35. The molecule has 2 rings (SSSR count). The summed E-state index contributed by atoms with van der Waals surface area (Å²) in [4.78, 5) is 12.6. The predicted octanol–water partition coefficient (Wildman–Crippen LogP) is 2.99. The highest BCUT2D eigenvalue weighted by atomic mass is 16.2. The molecule has 1 aromatic carbocycles. The average Bonchev–Trinajstić information content (AvgIpc) is 2.54. The summed E-state index contributed by atoms with van der Waals surface area (Å²) < 4.78 is 0. The lowest BCUT2D eigenvalue weighted by Crippen LogP contribution is -2.48. The van der Waals surface area contributed by atoms with Crippen molar-refractivity contribution in [1.82, 2.24) is 5.32 Å². The molecule has 1 aliphatic rings. The van der Waals surface area contributed by atoms with E-state index >= 15 is 0 Å². The van der Waals surface area contributed by atoms with Crippen molar-refractivity contribution in [1.29, 1.82) is 0 Å². The maximum atomic E-state index is 12.6. The van der Waals surface area contributed by atoms with Crippen molar-refractivity contribution in [2.45, 2.75) is 51.4 Å². The smallest absolute Gasteiger partial charge is 0.230 e. The maximum absolute atomic E-state index is 12.6. The zero-order chi connectivity index (χ0) is 15.3. The Bertz CT molecular complexity index is 461. The van der Waals surface area contributed by atoms with Crippen molar-refractivity contribution in [3.05, 3.63) is 35.9 Å². The van der Waals surface area contributed by atoms with Crippen LogP contribution in [-0.2, 0) is 10.2 Å². The van der Waals surface area contributed by atoms with Crippen LogP contribution in [0.15, 0.2) is 30.3 Å². The van der Waals surface area contributed by atoms with E-state index in [-0.39, 0.29) is 11.3 Å². The first-order chi connectivity index (χ1) is 10.0.